The van der Waals surface area contributed by atoms with Gasteiger partial charge < -0.3 is 20.5 Å². The Morgan fingerprint density at radius 3 is 2.94 bits per heavy atom. The number of carbonyl (C=O) groups is 1. The fourth-order valence-corrected chi connectivity index (χ4v) is 1.64. The minimum absolute atomic E-state index is 0.231. The van der Waals surface area contributed by atoms with Crippen LogP contribution in [0.3, 0.4) is 0 Å². The van der Waals surface area contributed by atoms with Gasteiger partial charge in [0, 0.05) is 13.2 Å². The normalized spacial score (nSPS) is 24.2. The first-order valence-corrected chi connectivity index (χ1v) is 5.76. The Morgan fingerprint density at radius 1 is 1.69 bits per heavy atom. The van der Waals surface area contributed by atoms with Crippen LogP contribution in [0.4, 0.5) is 0 Å². The fourth-order valence-electron chi connectivity index (χ4n) is 1.64. The summed E-state index contributed by atoms with van der Waals surface area (Å²) < 4.78 is 10.9. The Kier molecular flexibility index (Phi) is 5.18. The summed E-state index contributed by atoms with van der Waals surface area (Å²) in [6.45, 7) is 3.74. The van der Waals surface area contributed by atoms with Crippen molar-refractivity contribution in [2.75, 3.05) is 26.9 Å². The van der Waals surface area contributed by atoms with Crippen LogP contribution < -0.4 is 11.1 Å². The molecule has 3 N–H and O–H groups in total. The van der Waals surface area contributed by atoms with Gasteiger partial charge >= 0.3 is 0 Å². The van der Waals surface area contributed by atoms with Gasteiger partial charge in [-0.2, -0.15) is 0 Å². The first-order valence-electron chi connectivity index (χ1n) is 5.76. The molecule has 94 valence electrons. The molecule has 5 heteroatoms. The second kappa shape index (κ2) is 6.18. The molecule has 0 radical (unpaired) electrons. The predicted molar refractivity (Wildman–Crippen MR) is 61.1 cm³/mol. The van der Waals surface area contributed by atoms with E-state index in [0.29, 0.717) is 19.6 Å². The highest BCUT2D eigenvalue weighted by atomic mass is 16.5. The molecule has 0 aromatic carbocycles. The van der Waals surface area contributed by atoms with E-state index in [1.54, 1.807) is 14.0 Å². The molecular weight excluding hydrogens is 208 g/mol. The maximum Gasteiger partial charge on any atom is 0.237 e. The number of hydrogen-bond acceptors (Lipinski definition) is 4. The van der Waals surface area contributed by atoms with Crippen molar-refractivity contribution >= 4 is 5.91 Å². The number of nitrogens with one attached hydrogen (secondary N) is 1. The lowest BCUT2D eigenvalue weighted by molar-refractivity contribution is -0.124. The molecule has 1 aliphatic rings. The molecule has 1 saturated heterocycles. The smallest absolute Gasteiger partial charge is 0.237 e. The third-order valence-electron chi connectivity index (χ3n) is 3.17. The number of amides is 1. The van der Waals surface area contributed by atoms with Gasteiger partial charge in [-0.1, -0.05) is 0 Å². The molecule has 1 fully saturated rings. The van der Waals surface area contributed by atoms with Crippen LogP contribution in [0.1, 0.15) is 26.2 Å². The zero-order chi connectivity index (χ0) is 12.0. The number of ether oxygens (including phenoxy) is 2. The SMILES string of the molecule is CNC(C)(CCOCC1CCCO1)C(N)=O. The largest absolute Gasteiger partial charge is 0.379 e. The van der Waals surface area contributed by atoms with Crippen molar-refractivity contribution < 1.29 is 14.3 Å². The molecule has 0 aliphatic carbocycles. The number of primary amides is 1. The Balaban J connectivity index is 2.15. The van der Waals surface area contributed by atoms with E-state index in [2.05, 4.69) is 5.32 Å². The molecule has 2 unspecified atom stereocenters. The maximum absolute atomic E-state index is 11.2. The summed E-state index contributed by atoms with van der Waals surface area (Å²) in [6.07, 6.45) is 2.99. The van der Waals surface area contributed by atoms with Gasteiger partial charge in [0.15, 0.2) is 0 Å². The van der Waals surface area contributed by atoms with Gasteiger partial charge in [0.1, 0.15) is 0 Å². The van der Waals surface area contributed by atoms with E-state index in [0.717, 1.165) is 19.4 Å². The Labute approximate surface area is 96.7 Å². The van der Waals surface area contributed by atoms with E-state index in [9.17, 15) is 4.79 Å². The highest BCUT2D eigenvalue weighted by Gasteiger charge is 2.28. The van der Waals surface area contributed by atoms with E-state index in [1.807, 2.05) is 0 Å². The summed E-state index contributed by atoms with van der Waals surface area (Å²) in [5, 5.41) is 2.92. The first kappa shape index (κ1) is 13.4. The van der Waals surface area contributed by atoms with Crippen molar-refractivity contribution in [1.82, 2.24) is 5.32 Å². The molecule has 0 aromatic rings. The zero-order valence-corrected chi connectivity index (χ0v) is 10.1. The third kappa shape index (κ3) is 3.73. The van der Waals surface area contributed by atoms with E-state index < -0.39 is 5.54 Å². The van der Waals surface area contributed by atoms with Gasteiger partial charge in [0.05, 0.1) is 18.2 Å². The van der Waals surface area contributed by atoms with Crippen molar-refractivity contribution in [1.29, 1.82) is 0 Å². The predicted octanol–water partition coefficient (Wildman–Crippen LogP) is 0.0355. The van der Waals surface area contributed by atoms with Crippen molar-refractivity contribution in [2.45, 2.75) is 37.8 Å². The molecule has 0 bridgehead atoms. The van der Waals surface area contributed by atoms with Crippen LogP contribution in [0.2, 0.25) is 0 Å². The monoisotopic (exact) mass is 230 g/mol. The summed E-state index contributed by atoms with van der Waals surface area (Å²) >= 11 is 0. The molecule has 1 rings (SSSR count). The van der Waals surface area contributed by atoms with Crippen LogP contribution in [0.5, 0.6) is 0 Å². The second-order valence-electron chi connectivity index (χ2n) is 4.41. The average Bonchev–Trinajstić information content (AvgIpc) is 2.76. The Morgan fingerprint density at radius 2 is 2.44 bits per heavy atom. The van der Waals surface area contributed by atoms with Crippen LogP contribution in [-0.4, -0.2) is 44.4 Å². The van der Waals surface area contributed by atoms with Crippen molar-refractivity contribution in [3.05, 3.63) is 0 Å². The fraction of sp³-hybridized carbons (Fsp3) is 0.909. The molecule has 1 aliphatic heterocycles. The summed E-state index contributed by atoms with van der Waals surface area (Å²) in [5.74, 6) is -0.351. The van der Waals surface area contributed by atoms with Crippen molar-refractivity contribution in [3.63, 3.8) is 0 Å². The molecule has 0 spiro atoms. The van der Waals surface area contributed by atoms with Crippen LogP contribution >= 0.6 is 0 Å². The second-order valence-corrected chi connectivity index (χ2v) is 4.41. The number of hydrogen-bond donors (Lipinski definition) is 2. The zero-order valence-electron chi connectivity index (χ0n) is 10.1. The molecule has 5 nitrogen and oxygen atoms in total. The molecule has 1 heterocycles. The lowest BCUT2D eigenvalue weighted by Gasteiger charge is -2.25. The average molecular weight is 230 g/mol. The first-order chi connectivity index (χ1) is 7.58. The Hall–Kier alpha value is -0.650. The van der Waals surface area contributed by atoms with Crippen molar-refractivity contribution in [3.8, 4) is 0 Å². The van der Waals surface area contributed by atoms with Gasteiger partial charge in [0.2, 0.25) is 5.91 Å². The molecule has 2 atom stereocenters. The number of nitrogens with two attached hydrogens (primary N) is 1. The molecule has 1 amide bonds. The third-order valence-corrected chi connectivity index (χ3v) is 3.17. The van der Waals surface area contributed by atoms with Crippen LogP contribution in [-0.2, 0) is 14.3 Å². The summed E-state index contributed by atoms with van der Waals surface area (Å²) in [4.78, 5) is 11.2. The van der Waals surface area contributed by atoms with Crippen molar-refractivity contribution in [2.24, 2.45) is 5.73 Å². The van der Waals surface area contributed by atoms with E-state index in [-0.39, 0.29) is 12.0 Å². The summed E-state index contributed by atoms with van der Waals surface area (Å²) in [5.41, 5.74) is 4.62. The topological polar surface area (TPSA) is 73.6 Å². The number of likely N-dealkylation sites (N-methyl/N-ethyl adjacent to an activating group) is 1. The number of carbonyl (C=O) groups excluding carboxylic acids is 1. The lowest BCUT2D eigenvalue weighted by Crippen LogP contribution is -2.52. The number of rotatable bonds is 7. The van der Waals surface area contributed by atoms with E-state index >= 15 is 0 Å². The highest BCUT2D eigenvalue weighted by molar-refractivity contribution is 5.84. The minimum Gasteiger partial charge on any atom is -0.379 e. The highest BCUT2D eigenvalue weighted by Crippen LogP contribution is 2.13. The minimum atomic E-state index is -0.684. The van der Waals surface area contributed by atoms with Gasteiger partial charge in [0.25, 0.3) is 0 Å². The molecular formula is C11H22N2O3. The summed E-state index contributed by atoms with van der Waals surface area (Å²) in [7, 11) is 1.73. The quantitative estimate of drug-likeness (QED) is 0.605. The lowest BCUT2D eigenvalue weighted by atomic mass is 9.98. The van der Waals surface area contributed by atoms with Gasteiger partial charge in [-0.05, 0) is 33.2 Å². The van der Waals surface area contributed by atoms with Crippen LogP contribution in [0.15, 0.2) is 0 Å². The standard InChI is InChI=1S/C11H22N2O3/c1-11(13-2,10(12)14)5-7-15-8-9-4-3-6-16-9/h9,13H,3-8H2,1-2H3,(H2,12,14). The van der Waals surface area contributed by atoms with Gasteiger partial charge in [-0.25, -0.2) is 0 Å². The molecule has 0 saturated carbocycles. The van der Waals surface area contributed by atoms with Crippen LogP contribution in [0.25, 0.3) is 0 Å². The van der Waals surface area contributed by atoms with E-state index in [1.165, 1.54) is 0 Å². The van der Waals surface area contributed by atoms with E-state index in [4.69, 9.17) is 15.2 Å². The molecule has 16 heavy (non-hydrogen) atoms. The Bertz CT molecular complexity index is 229. The summed E-state index contributed by atoms with van der Waals surface area (Å²) in [6, 6.07) is 0. The molecule has 0 aromatic heterocycles. The maximum atomic E-state index is 11.2. The van der Waals surface area contributed by atoms with Gasteiger partial charge in [-0.3, -0.25) is 4.79 Å². The van der Waals surface area contributed by atoms with Gasteiger partial charge in [-0.15, -0.1) is 0 Å². The van der Waals surface area contributed by atoms with Crippen LogP contribution in [0, 0.1) is 0 Å².